The highest BCUT2D eigenvalue weighted by Crippen LogP contribution is 2.33. The van der Waals surface area contributed by atoms with Gasteiger partial charge in [-0.3, -0.25) is 0 Å². The number of benzene rings is 2. The quantitative estimate of drug-likeness (QED) is 0.824. The first-order valence-electron chi connectivity index (χ1n) is 9.66. The van der Waals surface area contributed by atoms with Crippen molar-refractivity contribution in [3.05, 3.63) is 60.2 Å². The fraction of sp³-hybridized carbons (Fsp3) is 0.455. The van der Waals surface area contributed by atoms with Crippen LogP contribution in [0.15, 0.2) is 54.6 Å². The summed E-state index contributed by atoms with van der Waals surface area (Å²) in [5, 5.41) is 3.25. The smallest absolute Gasteiger partial charge is 0.143 e. The van der Waals surface area contributed by atoms with E-state index in [0.29, 0.717) is 0 Å². The van der Waals surface area contributed by atoms with Crippen molar-refractivity contribution in [3.63, 3.8) is 0 Å². The van der Waals surface area contributed by atoms with Gasteiger partial charge in [-0.05, 0) is 51.3 Å². The largest absolute Gasteiger partial charge is 0.484 e. The third-order valence-corrected chi connectivity index (χ3v) is 5.02. The first-order valence-corrected chi connectivity index (χ1v) is 9.66. The van der Waals surface area contributed by atoms with Gasteiger partial charge in [-0.2, -0.15) is 0 Å². The molecule has 2 aromatic rings. The minimum absolute atomic E-state index is 0.0550. The average Bonchev–Trinajstić information content (AvgIpc) is 2.90. The summed E-state index contributed by atoms with van der Waals surface area (Å²) in [7, 11) is 4.19. The Morgan fingerprint density at radius 3 is 2.54 bits per heavy atom. The number of para-hydroxylation sites is 2. The maximum Gasteiger partial charge on any atom is 0.143 e. The van der Waals surface area contributed by atoms with Crippen LogP contribution in [-0.2, 0) is 0 Å². The fourth-order valence-electron chi connectivity index (χ4n) is 3.50. The van der Waals surface area contributed by atoms with Crippen molar-refractivity contribution in [1.82, 2.24) is 10.2 Å². The summed E-state index contributed by atoms with van der Waals surface area (Å²) >= 11 is 0. The first kappa shape index (κ1) is 18.7. The molecule has 1 atom stereocenters. The number of nitrogens with zero attached hydrogens (tertiary/aromatic N) is 2. The molecule has 26 heavy (non-hydrogen) atoms. The molecule has 1 heterocycles. The summed E-state index contributed by atoms with van der Waals surface area (Å²) in [4.78, 5) is 4.88. The summed E-state index contributed by atoms with van der Waals surface area (Å²) in [6, 6.07) is 19.0. The topological polar surface area (TPSA) is 27.7 Å². The Morgan fingerprint density at radius 2 is 1.73 bits per heavy atom. The summed E-state index contributed by atoms with van der Waals surface area (Å²) in [5.74, 6) is 0.988. The molecule has 3 rings (SSSR count). The van der Waals surface area contributed by atoms with E-state index in [2.05, 4.69) is 76.8 Å². The molecule has 1 aliphatic heterocycles. The van der Waals surface area contributed by atoms with Crippen molar-refractivity contribution in [1.29, 1.82) is 0 Å². The van der Waals surface area contributed by atoms with Crippen LogP contribution < -0.4 is 15.0 Å². The SMILES string of the molecule is CNCCC(Oc1ccccc1N1CCCN(C)CC1)c1ccccc1. The van der Waals surface area contributed by atoms with Gasteiger partial charge in [0.05, 0.1) is 5.69 Å². The summed E-state index contributed by atoms with van der Waals surface area (Å²) in [6.45, 7) is 5.31. The molecular formula is C22H31N3O. The van der Waals surface area contributed by atoms with E-state index < -0.39 is 0 Å². The molecule has 0 radical (unpaired) electrons. The van der Waals surface area contributed by atoms with Crippen LogP contribution in [0, 0.1) is 0 Å². The normalized spacial score (nSPS) is 16.9. The van der Waals surface area contributed by atoms with Crippen LogP contribution in [0.1, 0.15) is 24.5 Å². The molecule has 2 aromatic carbocycles. The molecule has 4 heteroatoms. The molecule has 4 nitrogen and oxygen atoms in total. The number of ether oxygens (including phenoxy) is 1. The number of rotatable bonds is 7. The van der Waals surface area contributed by atoms with Crippen molar-refractivity contribution < 1.29 is 4.74 Å². The Kier molecular flexibility index (Phi) is 6.92. The molecule has 0 aromatic heterocycles. The average molecular weight is 354 g/mol. The lowest BCUT2D eigenvalue weighted by Crippen LogP contribution is -2.29. The molecule has 1 unspecified atom stereocenters. The number of anilines is 1. The predicted molar refractivity (Wildman–Crippen MR) is 109 cm³/mol. The van der Waals surface area contributed by atoms with E-state index in [1.54, 1.807) is 0 Å². The molecule has 0 amide bonds. The van der Waals surface area contributed by atoms with Gasteiger partial charge in [0, 0.05) is 26.1 Å². The minimum Gasteiger partial charge on any atom is -0.484 e. The molecule has 1 aliphatic rings. The van der Waals surface area contributed by atoms with Crippen LogP contribution in [0.2, 0.25) is 0 Å². The second kappa shape index (κ2) is 9.60. The van der Waals surface area contributed by atoms with Crippen molar-refractivity contribution in [3.8, 4) is 5.75 Å². The minimum atomic E-state index is 0.0550. The van der Waals surface area contributed by atoms with E-state index in [-0.39, 0.29) is 6.10 Å². The van der Waals surface area contributed by atoms with Gasteiger partial charge >= 0.3 is 0 Å². The third kappa shape index (κ3) is 4.99. The van der Waals surface area contributed by atoms with Gasteiger partial charge in [0.15, 0.2) is 0 Å². The van der Waals surface area contributed by atoms with Crippen molar-refractivity contribution in [2.24, 2.45) is 0 Å². The van der Waals surface area contributed by atoms with Gasteiger partial charge in [0.2, 0.25) is 0 Å². The van der Waals surface area contributed by atoms with Gasteiger partial charge in [-0.1, -0.05) is 42.5 Å². The van der Waals surface area contributed by atoms with Gasteiger partial charge in [-0.25, -0.2) is 0 Å². The summed E-state index contributed by atoms with van der Waals surface area (Å²) in [6.07, 6.45) is 2.18. The monoisotopic (exact) mass is 353 g/mol. The second-order valence-corrected chi connectivity index (χ2v) is 7.02. The zero-order valence-electron chi connectivity index (χ0n) is 16.0. The number of nitrogens with one attached hydrogen (secondary N) is 1. The zero-order chi connectivity index (χ0) is 18.2. The van der Waals surface area contributed by atoms with Gasteiger partial charge < -0.3 is 19.9 Å². The number of hydrogen-bond donors (Lipinski definition) is 1. The van der Waals surface area contributed by atoms with E-state index in [9.17, 15) is 0 Å². The summed E-state index contributed by atoms with van der Waals surface area (Å²) < 4.78 is 6.56. The van der Waals surface area contributed by atoms with Gasteiger partial charge in [-0.15, -0.1) is 0 Å². The molecule has 0 bridgehead atoms. The molecule has 0 saturated carbocycles. The molecule has 0 aliphatic carbocycles. The van der Waals surface area contributed by atoms with Gasteiger partial charge in [0.1, 0.15) is 11.9 Å². The first-order chi connectivity index (χ1) is 12.8. The highest BCUT2D eigenvalue weighted by atomic mass is 16.5. The molecule has 0 spiro atoms. The van der Waals surface area contributed by atoms with E-state index in [1.807, 2.05) is 7.05 Å². The molecule has 140 valence electrons. The fourth-order valence-corrected chi connectivity index (χ4v) is 3.50. The molecule has 1 saturated heterocycles. The van der Waals surface area contributed by atoms with Crippen LogP contribution in [0.4, 0.5) is 5.69 Å². The van der Waals surface area contributed by atoms with Crippen LogP contribution >= 0.6 is 0 Å². The van der Waals surface area contributed by atoms with Crippen LogP contribution in [-0.4, -0.2) is 51.7 Å². The highest BCUT2D eigenvalue weighted by molar-refractivity contribution is 5.58. The van der Waals surface area contributed by atoms with E-state index in [1.165, 1.54) is 17.7 Å². The zero-order valence-corrected chi connectivity index (χ0v) is 16.0. The third-order valence-electron chi connectivity index (χ3n) is 5.02. The van der Waals surface area contributed by atoms with E-state index >= 15 is 0 Å². The second-order valence-electron chi connectivity index (χ2n) is 7.02. The summed E-state index contributed by atoms with van der Waals surface area (Å²) in [5.41, 5.74) is 2.45. The Hall–Kier alpha value is -2.04. The molecular weight excluding hydrogens is 322 g/mol. The van der Waals surface area contributed by atoms with Crippen molar-refractivity contribution in [2.45, 2.75) is 18.9 Å². The van der Waals surface area contributed by atoms with Crippen LogP contribution in [0.25, 0.3) is 0 Å². The molecule has 1 N–H and O–H groups in total. The van der Waals surface area contributed by atoms with Gasteiger partial charge in [0.25, 0.3) is 0 Å². The number of hydrogen-bond acceptors (Lipinski definition) is 4. The predicted octanol–water partition coefficient (Wildman–Crippen LogP) is 3.56. The standard InChI is InChI=1S/C22H31N3O/c1-23-14-13-21(19-9-4-3-5-10-19)26-22-12-7-6-11-20(22)25-16-8-15-24(2)17-18-25/h3-7,9-12,21,23H,8,13-18H2,1-2H3. The Bertz CT molecular complexity index is 661. The molecule has 1 fully saturated rings. The Labute approximate surface area is 157 Å². The van der Waals surface area contributed by atoms with Crippen molar-refractivity contribution >= 4 is 5.69 Å². The maximum atomic E-state index is 6.56. The maximum absolute atomic E-state index is 6.56. The van der Waals surface area contributed by atoms with E-state index in [0.717, 1.165) is 44.9 Å². The van der Waals surface area contributed by atoms with Crippen LogP contribution in [0.5, 0.6) is 5.75 Å². The lowest BCUT2D eigenvalue weighted by atomic mass is 10.1. The van der Waals surface area contributed by atoms with Crippen molar-refractivity contribution in [2.75, 3.05) is 51.7 Å². The Balaban J connectivity index is 1.81. The lowest BCUT2D eigenvalue weighted by molar-refractivity contribution is 0.195. The highest BCUT2D eigenvalue weighted by Gasteiger charge is 2.19. The Morgan fingerprint density at radius 1 is 0.962 bits per heavy atom. The van der Waals surface area contributed by atoms with E-state index in [4.69, 9.17) is 4.74 Å². The van der Waals surface area contributed by atoms with Crippen LogP contribution in [0.3, 0.4) is 0 Å². The lowest BCUT2D eigenvalue weighted by Gasteiger charge is -2.28. The number of likely N-dealkylation sites (N-methyl/N-ethyl adjacent to an activating group) is 1.